The Morgan fingerprint density at radius 3 is 2.52 bits per heavy atom. The van der Waals surface area contributed by atoms with Gasteiger partial charge in [-0.2, -0.15) is 0 Å². The molecule has 0 aliphatic heterocycles. The molecule has 0 aliphatic carbocycles. The van der Waals surface area contributed by atoms with Crippen LogP contribution in [0.15, 0.2) is 54.7 Å². The van der Waals surface area contributed by atoms with Crippen molar-refractivity contribution in [2.24, 2.45) is 0 Å². The van der Waals surface area contributed by atoms with E-state index in [0.29, 0.717) is 17.1 Å². The van der Waals surface area contributed by atoms with Gasteiger partial charge in [-0.3, -0.25) is 9.20 Å². The van der Waals surface area contributed by atoms with Crippen LogP contribution in [0.3, 0.4) is 0 Å². The number of imidazole rings is 1. The maximum absolute atomic E-state index is 14.0. The molecule has 0 bridgehead atoms. The number of rotatable bonds is 5. The summed E-state index contributed by atoms with van der Waals surface area (Å²) >= 11 is 0. The fourth-order valence-electron chi connectivity index (χ4n) is 3.58. The molecule has 0 saturated heterocycles. The number of nitrogens with one attached hydrogen (secondary N) is 1. The third-order valence-corrected chi connectivity index (χ3v) is 4.89. The van der Waals surface area contributed by atoms with Gasteiger partial charge in [-0.05, 0) is 49.7 Å². The van der Waals surface area contributed by atoms with Crippen molar-refractivity contribution >= 4 is 17.2 Å². The Bertz CT molecular complexity index is 1280. The van der Waals surface area contributed by atoms with Gasteiger partial charge in [-0.25, -0.2) is 13.8 Å². The first kappa shape index (κ1) is 20.5. The van der Waals surface area contributed by atoms with Crippen molar-refractivity contribution in [1.82, 2.24) is 9.38 Å². The van der Waals surface area contributed by atoms with Gasteiger partial charge in [0.15, 0.2) is 11.4 Å². The second-order valence-corrected chi connectivity index (χ2v) is 7.37. The van der Waals surface area contributed by atoms with E-state index in [2.05, 4.69) is 10.3 Å². The number of amides is 1. The maximum Gasteiger partial charge on any atom is 0.221 e. The van der Waals surface area contributed by atoms with Crippen LogP contribution in [-0.2, 0) is 11.4 Å². The van der Waals surface area contributed by atoms with Crippen molar-refractivity contribution in [3.8, 4) is 17.0 Å². The highest BCUT2D eigenvalue weighted by Crippen LogP contribution is 2.32. The molecule has 0 saturated carbocycles. The molecule has 1 amide bonds. The smallest absolute Gasteiger partial charge is 0.221 e. The summed E-state index contributed by atoms with van der Waals surface area (Å²) < 4.78 is 35.7. The van der Waals surface area contributed by atoms with Crippen LogP contribution in [0.2, 0.25) is 0 Å². The largest absolute Gasteiger partial charge is 0.485 e. The Kier molecular flexibility index (Phi) is 5.42. The van der Waals surface area contributed by atoms with E-state index in [1.165, 1.54) is 25.1 Å². The second kappa shape index (κ2) is 8.18. The molecule has 5 nitrogen and oxygen atoms in total. The average Bonchev–Trinajstić information content (AvgIpc) is 3.03. The highest BCUT2D eigenvalue weighted by atomic mass is 19.1. The summed E-state index contributed by atoms with van der Waals surface area (Å²) in [7, 11) is 0. The predicted molar refractivity (Wildman–Crippen MR) is 115 cm³/mol. The highest BCUT2D eigenvalue weighted by molar-refractivity contribution is 5.89. The summed E-state index contributed by atoms with van der Waals surface area (Å²) in [6.45, 7) is 4.99. The first-order valence-electron chi connectivity index (χ1n) is 9.76. The van der Waals surface area contributed by atoms with Crippen molar-refractivity contribution in [2.45, 2.75) is 27.4 Å². The summed E-state index contributed by atoms with van der Waals surface area (Å²) in [5.74, 6) is -1.04. The van der Waals surface area contributed by atoms with Crippen LogP contribution in [0.1, 0.15) is 23.7 Å². The number of aromatic nitrogens is 2. The van der Waals surface area contributed by atoms with E-state index in [4.69, 9.17) is 4.74 Å². The zero-order valence-corrected chi connectivity index (χ0v) is 17.4. The lowest BCUT2D eigenvalue weighted by Crippen LogP contribution is -2.05. The molecule has 0 atom stereocenters. The fraction of sp³-hybridized carbons (Fsp3) is 0.167. The number of carbonyl (C=O) groups is 1. The van der Waals surface area contributed by atoms with Crippen LogP contribution in [0.5, 0.6) is 5.75 Å². The molecule has 158 valence electrons. The number of hydrogen-bond donors (Lipinski definition) is 1. The van der Waals surface area contributed by atoms with E-state index in [-0.39, 0.29) is 18.1 Å². The van der Waals surface area contributed by atoms with Crippen molar-refractivity contribution in [1.29, 1.82) is 0 Å². The summed E-state index contributed by atoms with van der Waals surface area (Å²) in [5, 5.41) is 2.78. The molecule has 31 heavy (non-hydrogen) atoms. The number of nitrogens with zero attached hydrogens (tertiary/aromatic N) is 2. The molecule has 7 heteroatoms. The number of pyridine rings is 1. The predicted octanol–water partition coefficient (Wildman–Crippen LogP) is 5.43. The maximum atomic E-state index is 14.0. The second-order valence-electron chi connectivity index (χ2n) is 7.37. The summed E-state index contributed by atoms with van der Waals surface area (Å²) in [6.07, 6.45) is 1.92. The third-order valence-electron chi connectivity index (χ3n) is 4.89. The molecule has 0 radical (unpaired) electrons. The molecule has 0 unspecified atom stereocenters. The van der Waals surface area contributed by atoms with Crippen molar-refractivity contribution < 1.29 is 18.3 Å². The van der Waals surface area contributed by atoms with Crippen LogP contribution in [0.25, 0.3) is 16.9 Å². The highest BCUT2D eigenvalue weighted by Gasteiger charge is 2.17. The summed E-state index contributed by atoms with van der Waals surface area (Å²) in [4.78, 5) is 16.1. The van der Waals surface area contributed by atoms with Gasteiger partial charge >= 0.3 is 0 Å². The zero-order valence-electron chi connectivity index (χ0n) is 17.4. The van der Waals surface area contributed by atoms with Crippen LogP contribution in [0.4, 0.5) is 14.5 Å². The number of anilines is 1. The molecule has 2 aromatic carbocycles. The molecule has 0 aliphatic rings. The quantitative estimate of drug-likeness (QED) is 0.467. The molecule has 2 aromatic heterocycles. The normalized spacial score (nSPS) is 11.0. The number of aryl methyl sites for hydroxylation is 2. The van der Waals surface area contributed by atoms with E-state index in [1.54, 1.807) is 6.07 Å². The molecule has 4 aromatic rings. The van der Waals surface area contributed by atoms with Crippen molar-refractivity contribution in [2.75, 3.05) is 5.32 Å². The minimum Gasteiger partial charge on any atom is -0.485 e. The summed E-state index contributed by atoms with van der Waals surface area (Å²) in [6, 6.07) is 13.0. The number of fused-ring (bicyclic) bond motifs is 1. The Morgan fingerprint density at radius 2 is 1.81 bits per heavy atom. The van der Waals surface area contributed by atoms with Crippen molar-refractivity contribution in [3.05, 3.63) is 83.2 Å². The van der Waals surface area contributed by atoms with E-state index in [0.717, 1.165) is 22.5 Å². The van der Waals surface area contributed by atoms with Crippen LogP contribution >= 0.6 is 0 Å². The molecule has 0 spiro atoms. The fourth-order valence-corrected chi connectivity index (χ4v) is 3.58. The van der Waals surface area contributed by atoms with Gasteiger partial charge in [0.1, 0.15) is 18.2 Å². The monoisotopic (exact) mass is 421 g/mol. The molecule has 1 N–H and O–H groups in total. The minimum atomic E-state index is -0.654. The number of benzene rings is 2. The average molecular weight is 421 g/mol. The Morgan fingerprint density at radius 1 is 1.10 bits per heavy atom. The van der Waals surface area contributed by atoms with E-state index >= 15 is 0 Å². The van der Waals surface area contributed by atoms with Gasteiger partial charge in [0, 0.05) is 24.4 Å². The Balaban J connectivity index is 1.76. The third kappa shape index (κ3) is 4.12. The minimum absolute atomic E-state index is 0.131. The molecule has 0 fully saturated rings. The van der Waals surface area contributed by atoms with Gasteiger partial charge in [-0.15, -0.1) is 0 Å². The zero-order chi connectivity index (χ0) is 22.1. The lowest BCUT2D eigenvalue weighted by molar-refractivity contribution is -0.114. The van der Waals surface area contributed by atoms with Crippen LogP contribution < -0.4 is 10.1 Å². The number of ether oxygens (including phenoxy) is 1. The first-order valence-corrected chi connectivity index (χ1v) is 9.76. The number of hydrogen-bond acceptors (Lipinski definition) is 3. The van der Waals surface area contributed by atoms with Crippen molar-refractivity contribution in [3.63, 3.8) is 0 Å². The van der Waals surface area contributed by atoms with Gasteiger partial charge < -0.3 is 10.1 Å². The van der Waals surface area contributed by atoms with Gasteiger partial charge in [0.25, 0.3) is 0 Å². The van der Waals surface area contributed by atoms with Gasteiger partial charge in [-0.1, -0.05) is 18.2 Å². The Labute approximate surface area is 178 Å². The van der Waals surface area contributed by atoms with E-state index < -0.39 is 11.6 Å². The molecular weight excluding hydrogens is 400 g/mol. The molecule has 2 heterocycles. The number of halogens is 2. The summed E-state index contributed by atoms with van der Waals surface area (Å²) in [5.41, 5.74) is 4.45. The lowest BCUT2D eigenvalue weighted by atomic mass is 10.1. The molecule has 4 rings (SSSR count). The van der Waals surface area contributed by atoms with Crippen LogP contribution in [-0.4, -0.2) is 15.3 Å². The standard InChI is InChI=1S/C24H21F2N3O2/c1-14-10-22(31-13-19-20(25)8-5-9-21(19)26)24-27-15(2)23(29(24)12-14)17-6-4-7-18(11-17)28-16(3)30/h4-12H,13H2,1-3H3,(H,28,30). The van der Waals surface area contributed by atoms with E-state index in [9.17, 15) is 13.6 Å². The number of carbonyl (C=O) groups excluding carboxylic acids is 1. The first-order chi connectivity index (χ1) is 14.8. The SMILES string of the molecule is CC(=O)Nc1cccc(-c2c(C)nc3c(OCc4c(F)cccc4F)cc(C)cn23)c1. The van der Waals surface area contributed by atoms with E-state index in [1.807, 2.05) is 48.7 Å². The Hall–Kier alpha value is -3.74. The lowest BCUT2D eigenvalue weighted by Gasteiger charge is -2.11. The van der Waals surface area contributed by atoms with Gasteiger partial charge in [0.2, 0.25) is 5.91 Å². The molecular formula is C24H21F2N3O2. The topological polar surface area (TPSA) is 55.6 Å². The van der Waals surface area contributed by atoms with Crippen LogP contribution in [0, 0.1) is 25.5 Å². The van der Waals surface area contributed by atoms with Gasteiger partial charge in [0.05, 0.1) is 17.0 Å².